The highest BCUT2D eigenvalue weighted by Gasteiger charge is 2.14. The van der Waals surface area contributed by atoms with Gasteiger partial charge in [0.25, 0.3) is 0 Å². The highest BCUT2D eigenvalue weighted by atomic mass is 19.1. The van der Waals surface area contributed by atoms with Crippen molar-refractivity contribution >= 4 is 5.71 Å². The number of halogens is 2. The summed E-state index contributed by atoms with van der Waals surface area (Å²) in [6.45, 7) is 5.84. The van der Waals surface area contributed by atoms with Crippen molar-refractivity contribution in [2.45, 2.75) is 52.5 Å². The van der Waals surface area contributed by atoms with E-state index in [9.17, 15) is 8.78 Å². The standard InChI is InChI=1S/C18H25F2NO/c1-4-14(12-22)10-9-13(3)21-15(5-2)11-16-17(19)7-6-8-18(16)20/h4,6-8,15,22H,5,9-12H2,1-3H3. The molecule has 0 saturated heterocycles. The molecule has 1 aromatic carbocycles. The molecule has 0 aromatic heterocycles. The van der Waals surface area contributed by atoms with Crippen molar-refractivity contribution in [3.63, 3.8) is 0 Å². The second-order valence-electron chi connectivity index (χ2n) is 5.44. The number of benzene rings is 1. The molecule has 2 nitrogen and oxygen atoms in total. The molecule has 1 unspecified atom stereocenters. The lowest BCUT2D eigenvalue weighted by Crippen LogP contribution is -2.13. The molecule has 1 N–H and O–H groups in total. The maximum atomic E-state index is 13.7. The van der Waals surface area contributed by atoms with Crippen LogP contribution in [0.15, 0.2) is 34.8 Å². The third-order valence-electron chi connectivity index (χ3n) is 3.79. The maximum Gasteiger partial charge on any atom is 0.129 e. The number of allylic oxidation sites excluding steroid dienone is 1. The SMILES string of the molecule is CC=C(CO)CCC(C)=NC(CC)Cc1c(F)cccc1F. The second kappa shape index (κ2) is 9.46. The van der Waals surface area contributed by atoms with Gasteiger partial charge in [0.1, 0.15) is 11.6 Å². The number of aliphatic imine (C=N–C) groups is 1. The number of aliphatic hydroxyl groups excluding tert-OH is 1. The van der Waals surface area contributed by atoms with Gasteiger partial charge in [0.15, 0.2) is 0 Å². The van der Waals surface area contributed by atoms with Crippen LogP contribution in [0, 0.1) is 11.6 Å². The van der Waals surface area contributed by atoms with E-state index in [1.807, 2.05) is 26.8 Å². The average molecular weight is 309 g/mol. The zero-order valence-corrected chi connectivity index (χ0v) is 13.6. The monoisotopic (exact) mass is 309 g/mol. The first kappa shape index (κ1) is 18.5. The minimum atomic E-state index is -0.511. The molecule has 22 heavy (non-hydrogen) atoms. The molecule has 1 rings (SSSR count). The van der Waals surface area contributed by atoms with E-state index in [-0.39, 0.29) is 24.6 Å². The molecule has 0 saturated carbocycles. The van der Waals surface area contributed by atoms with Gasteiger partial charge in [-0.1, -0.05) is 19.1 Å². The first-order valence-electron chi connectivity index (χ1n) is 7.72. The lowest BCUT2D eigenvalue weighted by Gasteiger charge is -2.13. The Hall–Kier alpha value is -1.55. The average Bonchev–Trinajstić information content (AvgIpc) is 2.50. The summed E-state index contributed by atoms with van der Waals surface area (Å²) in [5.74, 6) is -1.02. The summed E-state index contributed by atoms with van der Waals surface area (Å²) < 4.78 is 27.4. The zero-order valence-electron chi connectivity index (χ0n) is 13.6. The van der Waals surface area contributed by atoms with Gasteiger partial charge in [0.2, 0.25) is 0 Å². The normalized spacial score (nSPS) is 14.3. The van der Waals surface area contributed by atoms with E-state index in [2.05, 4.69) is 4.99 Å². The predicted molar refractivity (Wildman–Crippen MR) is 87.3 cm³/mol. The summed E-state index contributed by atoms with van der Waals surface area (Å²) >= 11 is 0. The molecule has 0 heterocycles. The van der Waals surface area contributed by atoms with E-state index in [4.69, 9.17) is 5.11 Å². The molecular formula is C18H25F2NO. The predicted octanol–water partition coefficient (Wildman–Crippen LogP) is 4.47. The van der Waals surface area contributed by atoms with Crippen LogP contribution >= 0.6 is 0 Å². The van der Waals surface area contributed by atoms with Gasteiger partial charge in [-0.25, -0.2) is 8.78 Å². The molecule has 4 heteroatoms. The van der Waals surface area contributed by atoms with Crippen LogP contribution in [0.5, 0.6) is 0 Å². The van der Waals surface area contributed by atoms with Crippen LogP contribution in [0.1, 0.15) is 45.6 Å². The van der Waals surface area contributed by atoms with Crippen LogP contribution in [0.2, 0.25) is 0 Å². The van der Waals surface area contributed by atoms with Gasteiger partial charge >= 0.3 is 0 Å². The number of nitrogens with zero attached hydrogens (tertiary/aromatic N) is 1. The Balaban J connectivity index is 2.73. The third kappa shape index (κ3) is 5.68. The van der Waals surface area contributed by atoms with Crippen LogP contribution in [0.4, 0.5) is 8.78 Å². The number of rotatable bonds is 8. The lowest BCUT2D eigenvalue weighted by molar-refractivity contribution is 0.327. The number of hydrogen-bond acceptors (Lipinski definition) is 2. The minimum Gasteiger partial charge on any atom is -0.392 e. The topological polar surface area (TPSA) is 32.6 Å². The summed E-state index contributed by atoms with van der Waals surface area (Å²) in [6.07, 6.45) is 4.40. The Morgan fingerprint density at radius 1 is 1.27 bits per heavy atom. The van der Waals surface area contributed by atoms with Crippen LogP contribution in [-0.4, -0.2) is 23.5 Å². The van der Waals surface area contributed by atoms with Crippen LogP contribution in [-0.2, 0) is 6.42 Å². The molecule has 0 radical (unpaired) electrons. The van der Waals surface area contributed by atoms with Crippen molar-refractivity contribution in [1.82, 2.24) is 0 Å². The molecular weight excluding hydrogens is 284 g/mol. The van der Waals surface area contributed by atoms with Crippen LogP contribution in [0.25, 0.3) is 0 Å². The van der Waals surface area contributed by atoms with Gasteiger partial charge in [-0.15, -0.1) is 0 Å². The molecule has 1 atom stereocenters. The van der Waals surface area contributed by atoms with E-state index in [0.29, 0.717) is 0 Å². The van der Waals surface area contributed by atoms with Crippen molar-refractivity contribution in [3.8, 4) is 0 Å². The van der Waals surface area contributed by atoms with E-state index in [0.717, 1.165) is 30.5 Å². The number of aliphatic hydroxyl groups is 1. The van der Waals surface area contributed by atoms with Crippen molar-refractivity contribution < 1.29 is 13.9 Å². The zero-order chi connectivity index (χ0) is 16.5. The summed E-state index contributed by atoms with van der Waals surface area (Å²) in [6, 6.07) is 3.80. The van der Waals surface area contributed by atoms with Crippen molar-refractivity contribution in [2.75, 3.05) is 6.61 Å². The molecule has 0 bridgehead atoms. The minimum absolute atomic E-state index is 0.0570. The number of hydrogen-bond donors (Lipinski definition) is 1. The van der Waals surface area contributed by atoms with Gasteiger partial charge in [-0.2, -0.15) is 0 Å². The van der Waals surface area contributed by atoms with Gasteiger partial charge in [0, 0.05) is 17.7 Å². The lowest BCUT2D eigenvalue weighted by atomic mass is 10.0. The van der Waals surface area contributed by atoms with Crippen molar-refractivity contribution in [2.24, 2.45) is 4.99 Å². The highest BCUT2D eigenvalue weighted by Crippen LogP contribution is 2.17. The van der Waals surface area contributed by atoms with Gasteiger partial charge in [-0.3, -0.25) is 4.99 Å². The van der Waals surface area contributed by atoms with Gasteiger partial charge in [0.05, 0.1) is 12.6 Å². The Bertz CT molecular complexity index is 518. The fourth-order valence-corrected chi connectivity index (χ4v) is 2.28. The Morgan fingerprint density at radius 2 is 1.91 bits per heavy atom. The first-order valence-corrected chi connectivity index (χ1v) is 7.72. The van der Waals surface area contributed by atoms with E-state index >= 15 is 0 Å². The fraction of sp³-hybridized carbons (Fsp3) is 0.500. The van der Waals surface area contributed by atoms with Crippen molar-refractivity contribution in [1.29, 1.82) is 0 Å². The van der Waals surface area contributed by atoms with Crippen LogP contribution in [0.3, 0.4) is 0 Å². The maximum absolute atomic E-state index is 13.7. The third-order valence-corrected chi connectivity index (χ3v) is 3.79. The van der Waals surface area contributed by atoms with Crippen LogP contribution < -0.4 is 0 Å². The summed E-state index contributed by atoms with van der Waals surface area (Å²) in [5, 5.41) is 9.13. The Morgan fingerprint density at radius 3 is 2.41 bits per heavy atom. The van der Waals surface area contributed by atoms with Gasteiger partial charge < -0.3 is 5.11 Å². The van der Waals surface area contributed by atoms with E-state index in [1.165, 1.54) is 18.2 Å². The quantitative estimate of drug-likeness (QED) is 0.558. The molecule has 0 aliphatic rings. The molecule has 0 amide bonds. The molecule has 0 fully saturated rings. The smallest absolute Gasteiger partial charge is 0.129 e. The summed E-state index contributed by atoms with van der Waals surface area (Å²) in [5.41, 5.74) is 2.02. The second-order valence-corrected chi connectivity index (χ2v) is 5.44. The Kier molecular flexibility index (Phi) is 7.96. The molecule has 0 spiro atoms. The molecule has 0 aliphatic carbocycles. The summed E-state index contributed by atoms with van der Waals surface area (Å²) in [7, 11) is 0. The van der Waals surface area contributed by atoms with E-state index in [1.54, 1.807) is 0 Å². The summed E-state index contributed by atoms with van der Waals surface area (Å²) in [4.78, 5) is 4.59. The molecule has 1 aromatic rings. The molecule has 122 valence electrons. The largest absolute Gasteiger partial charge is 0.392 e. The first-order chi connectivity index (χ1) is 10.5. The van der Waals surface area contributed by atoms with E-state index < -0.39 is 11.6 Å². The fourth-order valence-electron chi connectivity index (χ4n) is 2.28. The van der Waals surface area contributed by atoms with Gasteiger partial charge in [-0.05, 0) is 50.8 Å². The Labute approximate surface area is 131 Å². The molecule has 0 aliphatic heterocycles. The van der Waals surface area contributed by atoms with Crippen molar-refractivity contribution in [3.05, 3.63) is 47.0 Å². The highest BCUT2D eigenvalue weighted by molar-refractivity contribution is 5.82.